The lowest BCUT2D eigenvalue weighted by atomic mass is 10.0. The molecule has 8 heteroatoms. The van der Waals surface area contributed by atoms with Crippen LogP contribution in [0.1, 0.15) is 67.1 Å². The number of likely N-dealkylation sites (tertiary alicyclic amines) is 1. The van der Waals surface area contributed by atoms with Crippen LogP contribution in [0.2, 0.25) is 0 Å². The fourth-order valence-corrected chi connectivity index (χ4v) is 5.02. The Labute approximate surface area is 204 Å². The number of amides is 1. The van der Waals surface area contributed by atoms with Crippen LogP contribution in [0.25, 0.3) is 11.0 Å². The molecule has 2 aliphatic rings. The van der Waals surface area contributed by atoms with Crippen molar-refractivity contribution in [2.24, 2.45) is 5.92 Å². The van der Waals surface area contributed by atoms with Crippen molar-refractivity contribution < 1.29 is 4.79 Å². The first-order chi connectivity index (χ1) is 16.9. The van der Waals surface area contributed by atoms with E-state index in [0.717, 1.165) is 51.0 Å². The van der Waals surface area contributed by atoms with Crippen molar-refractivity contribution in [1.29, 1.82) is 0 Å². The van der Waals surface area contributed by atoms with E-state index in [0.29, 0.717) is 17.8 Å². The van der Waals surface area contributed by atoms with Gasteiger partial charge >= 0.3 is 5.69 Å². The van der Waals surface area contributed by atoms with Gasteiger partial charge < -0.3 is 5.32 Å². The smallest absolute Gasteiger partial charge is 0.330 e. The fraction of sp³-hybridized carbons (Fsp3) is 0.481. The quantitative estimate of drug-likeness (QED) is 0.547. The summed E-state index contributed by atoms with van der Waals surface area (Å²) in [5.74, 6) is 0.193. The second-order valence-electron chi connectivity index (χ2n) is 10.4. The molecule has 0 bridgehead atoms. The Morgan fingerprint density at radius 2 is 1.94 bits per heavy atom. The molecule has 1 aliphatic heterocycles. The van der Waals surface area contributed by atoms with Crippen LogP contribution in [-0.4, -0.2) is 44.5 Å². The standard InChI is InChI=1S/C27H33N5O3/c1-17(2)14-32-24-23(26(34)30-27(32)35)21(13-22(29-24)19-10-11-19)25(33)28-20-9-6-12-31(16-20)15-18-7-4-3-5-8-18/h3-5,7-8,13,17,19-20H,6,9-12,14-16H2,1-2H3,(H,28,33)(H,30,34,35). The number of rotatable bonds is 7. The fourth-order valence-electron chi connectivity index (χ4n) is 5.02. The summed E-state index contributed by atoms with van der Waals surface area (Å²) in [6.07, 6.45) is 3.91. The first-order valence-electron chi connectivity index (χ1n) is 12.6. The van der Waals surface area contributed by atoms with Crippen LogP contribution in [0, 0.1) is 5.92 Å². The Kier molecular flexibility index (Phi) is 6.56. The molecule has 2 N–H and O–H groups in total. The lowest BCUT2D eigenvalue weighted by molar-refractivity contribution is 0.0902. The zero-order valence-electron chi connectivity index (χ0n) is 20.4. The Morgan fingerprint density at radius 3 is 2.66 bits per heavy atom. The van der Waals surface area contributed by atoms with E-state index < -0.39 is 11.2 Å². The third-order valence-electron chi connectivity index (χ3n) is 6.85. The normalized spacial score (nSPS) is 18.8. The number of piperidine rings is 1. The van der Waals surface area contributed by atoms with Gasteiger partial charge in [0, 0.05) is 37.3 Å². The molecule has 1 unspecified atom stereocenters. The number of nitrogens with zero attached hydrogens (tertiary/aromatic N) is 3. The minimum atomic E-state index is -0.556. The number of carbonyl (C=O) groups is 1. The van der Waals surface area contributed by atoms with E-state index in [2.05, 4.69) is 27.3 Å². The Morgan fingerprint density at radius 1 is 1.17 bits per heavy atom. The number of pyridine rings is 1. The van der Waals surface area contributed by atoms with Crippen molar-refractivity contribution in [3.05, 3.63) is 74.1 Å². The second-order valence-corrected chi connectivity index (χ2v) is 10.4. The maximum Gasteiger partial charge on any atom is 0.330 e. The van der Waals surface area contributed by atoms with Gasteiger partial charge in [-0.25, -0.2) is 9.78 Å². The van der Waals surface area contributed by atoms with Crippen LogP contribution < -0.4 is 16.6 Å². The number of benzene rings is 1. The molecule has 1 aromatic carbocycles. The molecule has 2 fully saturated rings. The molecule has 0 spiro atoms. The first-order valence-corrected chi connectivity index (χ1v) is 12.6. The van der Waals surface area contributed by atoms with Crippen molar-refractivity contribution in [3.63, 3.8) is 0 Å². The van der Waals surface area contributed by atoms with Crippen LogP contribution in [0.4, 0.5) is 0 Å². The summed E-state index contributed by atoms with van der Waals surface area (Å²) < 4.78 is 1.51. The topological polar surface area (TPSA) is 100 Å². The SMILES string of the molecule is CC(C)Cn1c(=O)[nH]c(=O)c2c(C(=O)NC3CCCN(Cc4ccccc4)C3)cc(C3CC3)nc21. The van der Waals surface area contributed by atoms with E-state index in [1.54, 1.807) is 6.07 Å². The maximum absolute atomic E-state index is 13.6. The zero-order valence-corrected chi connectivity index (χ0v) is 20.4. The molecule has 1 saturated carbocycles. The summed E-state index contributed by atoms with van der Waals surface area (Å²) in [6, 6.07) is 12.1. The number of fused-ring (bicyclic) bond motifs is 1. The minimum Gasteiger partial charge on any atom is -0.348 e. The van der Waals surface area contributed by atoms with Crippen molar-refractivity contribution in [2.75, 3.05) is 13.1 Å². The van der Waals surface area contributed by atoms with Crippen molar-refractivity contribution in [1.82, 2.24) is 24.8 Å². The number of H-pyrrole nitrogens is 1. The first kappa shape index (κ1) is 23.5. The molecule has 1 saturated heterocycles. The summed E-state index contributed by atoms with van der Waals surface area (Å²) in [5.41, 5.74) is 1.64. The van der Waals surface area contributed by atoms with E-state index in [-0.39, 0.29) is 29.2 Å². The third-order valence-corrected chi connectivity index (χ3v) is 6.85. The van der Waals surface area contributed by atoms with Gasteiger partial charge in [-0.2, -0.15) is 0 Å². The van der Waals surface area contributed by atoms with Crippen LogP contribution in [-0.2, 0) is 13.1 Å². The molecule has 1 amide bonds. The predicted octanol–water partition coefficient (Wildman–Crippen LogP) is 3.01. The Balaban J connectivity index is 1.45. The Bertz CT molecular complexity index is 1340. The summed E-state index contributed by atoms with van der Waals surface area (Å²) >= 11 is 0. The predicted molar refractivity (Wildman–Crippen MR) is 136 cm³/mol. The van der Waals surface area contributed by atoms with Crippen molar-refractivity contribution >= 4 is 16.9 Å². The molecular formula is C27H33N5O3. The van der Waals surface area contributed by atoms with Gasteiger partial charge in [-0.3, -0.25) is 24.0 Å². The van der Waals surface area contributed by atoms with E-state index in [9.17, 15) is 14.4 Å². The van der Waals surface area contributed by atoms with Gasteiger partial charge in [0.25, 0.3) is 11.5 Å². The number of aromatic nitrogens is 3. The molecule has 5 rings (SSSR count). The van der Waals surface area contributed by atoms with Gasteiger partial charge in [0.05, 0.1) is 10.9 Å². The number of hydrogen-bond acceptors (Lipinski definition) is 5. The zero-order chi connectivity index (χ0) is 24.5. The van der Waals surface area contributed by atoms with E-state index >= 15 is 0 Å². The summed E-state index contributed by atoms with van der Waals surface area (Å²) in [5, 5.41) is 3.38. The highest BCUT2D eigenvalue weighted by atomic mass is 16.2. The number of nitrogens with one attached hydrogen (secondary N) is 2. The average Bonchev–Trinajstić information content (AvgIpc) is 3.67. The maximum atomic E-state index is 13.6. The van der Waals surface area contributed by atoms with Crippen LogP contribution in [0.5, 0.6) is 0 Å². The second kappa shape index (κ2) is 9.77. The van der Waals surface area contributed by atoms with Gasteiger partial charge in [0.1, 0.15) is 0 Å². The molecule has 8 nitrogen and oxygen atoms in total. The lowest BCUT2D eigenvalue weighted by Gasteiger charge is -2.33. The molecule has 2 aromatic heterocycles. The third kappa shape index (κ3) is 5.22. The molecule has 3 aromatic rings. The van der Waals surface area contributed by atoms with Gasteiger partial charge in [0.2, 0.25) is 0 Å². The molecule has 184 valence electrons. The van der Waals surface area contributed by atoms with Crippen molar-refractivity contribution in [3.8, 4) is 0 Å². The Hall–Kier alpha value is -3.26. The van der Waals surface area contributed by atoms with Gasteiger partial charge in [-0.1, -0.05) is 44.2 Å². The van der Waals surface area contributed by atoms with Gasteiger partial charge in [-0.15, -0.1) is 0 Å². The van der Waals surface area contributed by atoms with Gasteiger partial charge in [-0.05, 0) is 49.8 Å². The lowest BCUT2D eigenvalue weighted by Crippen LogP contribution is -2.47. The van der Waals surface area contributed by atoms with E-state index in [1.807, 2.05) is 32.0 Å². The average molecular weight is 476 g/mol. The largest absolute Gasteiger partial charge is 0.348 e. The summed E-state index contributed by atoms with van der Waals surface area (Å²) in [6.45, 7) is 7.03. The van der Waals surface area contributed by atoms with Gasteiger partial charge in [0.15, 0.2) is 5.65 Å². The summed E-state index contributed by atoms with van der Waals surface area (Å²) in [4.78, 5) is 48.6. The molecule has 1 atom stereocenters. The highest BCUT2D eigenvalue weighted by Gasteiger charge is 2.30. The van der Waals surface area contributed by atoms with Crippen LogP contribution >= 0.6 is 0 Å². The molecule has 35 heavy (non-hydrogen) atoms. The molecule has 3 heterocycles. The molecule has 1 aliphatic carbocycles. The highest BCUT2D eigenvalue weighted by molar-refractivity contribution is 6.05. The van der Waals surface area contributed by atoms with Crippen molar-refractivity contribution in [2.45, 2.75) is 64.6 Å². The number of hydrogen-bond donors (Lipinski definition) is 2. The molecular weight excluding hydrogens is 442 g/mol. The number of aromatic amines is 1. The molecule has 0 radical (unpaired) electrons. The number of carbonyl (C=O) groups excluding carboxylic acids is 1. The van der Waals surface area contributed by atoms with Crippen LogP contribution in [0.3, 0.4) is 0 Å². The monoisotopic (exact) mass is 475 g/mol. The summed E-state index contributed by atoms with van der Waals surface area (Å²) in [7, 11) is 0. The van der Waals surface area contributed by atoms with Crippen LogP contribution in [0.15, 0.2) is 46.0 Å². The minimum absolute atomic E-state index is 0.00629. The van der Waals surface area contributed by atoms with E-state index in [1.165, 1.54) is 10.1 Å². The van der Waals surface area contributed by atoms with E-state index in [4.69, 9.17) is 4.98 Å². The highest BCUT2D eigenvalue weighted by Crippen LogP contribution is 2.40.